The van der Waals surface area contributed by atoms with Crippen molar-refractivity contribution in [1.82, 2.24) is 0 Å². The lowest BCUT2D eigenvalue weighted by Crippen LogP contribution is -2.02. The Bertz CT molecular complexity index is 656. The van der Waals surface area contributed by atoms with Crippen LogP contribution in [0.2, 0.25) is 0 Å². The van der Waals surface area contributed by atoms with E-state index in [1.54, 1.807) is 0 Å². The second kappa shape index (κ2) is 9.08. The van der Waals surface area contributed by atoms with Gasteiger partial charge in [0.25, 0.3) is 0 Å². The van der Waals surface area contributed by atoms with Crippen LogP contribution < -0.4 is 0 Å². The lowest BCUT2D eigenvalue weighted by molar-refractivity contribution is 0.474. The summed E-state index contributed by atoms with van der Waals surface area (Å²) >= 11 is 0. The molecular formula is C24H34O. The van der Waals surface area contributed by atoms with Gasteiger partial charge in [0.05, 0.1) is 0 Å². The molecule has 0 aliphatic rings. The van der Waals surface area contributed by atoms with E-state index in [0.29, 0.717) is 17.6 Å². The number of aromatic hydroxyl groups is 1. The van der Waals surface area contributed by atoms with Gasteiger partial charge in [-0.15, -0.1) is 0 Å². The van der Waals surface area contributed by atoms with Crippen LogP contribution in [0.3, 0.4) is 0 Å². The summed E-state index contributed by atoms with van der Waals surface area (Å²) in [7, 11) is 0. The SMILES string of the molecule is CCCCCCc1cc(O)ccc1-c1c(C(C)C)cccc1C(C)C. The van der Waals surface area contributed by atoms with Crippen LogP contribution in [0.15, 0.2) is 36.4 Å². The summed E-state index contributed by atoms with van der Waals surface area (Å²) in [6.45, 7) is 11.3. The predicted octanol–water partition coefficient (Wildman–Crippen LogP) is 7.43. The monoisotopic (exact) mass is 338 g/mol. The molecule has 0 fully saturated rings. The van der Waals surface area contributed by atoms with E-state index in [2.05, 4.69) is 58.9 Å². The van der Waals surface area contributed by atoms with Gasteiger partial charge in [-0.25, -0.2) is 0 Å². The standard InChI is InChI=1S/C24H34O/c1-6-7-8-9-11-19-16-20(25)14-15-23(19)24-21(17(2)3)12-10-13-22(24)18(4)5/h10,12-18,25H,6-9,11H2,1-5H3. The number of benzene rings is 2. The fraction of sp³-hybridized carbons (Fsp3) is 0.500. The molecule has 2 aromatic rings. The lowest BCUT2D eigenvalue weighted by Gasteiger charge is -2.22. The first kappa shape index (κ1) is 19.6. The van der Waals surface area contributed by atoms with Crippen LogP contribution in [-0.4, -0.2) is 5.11 Å². The van der Waals surface area contributed by atoms with E-state index in [0.717, 1.165) is 6.42 Å². The van der Waals surface area contributed by atoms with E-state index < -0.39 is 0 Å². The van der Waals surface area contributed by atoms with Crippen LogP contribution in [0.5, 0.6) is 5.75 Å². The van der Waals surface area contributed by atoms with Crippen LogP contribution in [0.1, 0.15) is 88.8 Å². The predicted molar refractivity (Wildman–Crippen MR) is 110 cm³/mol. The van der Waals surface area contributed by atoms with Gasteiger partial charge >= 0.3 is 0 Å². The van der Waals surface area contributed by atoms with Crippen molar-refractivity contribution >= 4 is 0 Å². The number of rotatable bonds is 8. The largest absolute Gasteiger partial charge is 0.508 e. The van der Waals surface area contributed by atoms with E-state index in [1.165, 1.54) is 53.5 Å². The van der Waals surface area contributed by atoms with Crippen LogP contribution in [0.4, 0.5) is 0 Å². The molecule has 0 amide bonds. The Morgan fingerprint density at radius 3 is 2.04 bits per heavy atom. The Kier molecular flexibility index (Phi) is 7.11. The van der Waals surface area contributed by atoms with Crippen molar-refractivity contribution in [3.8, 4) is 16.9 Å². The van der Waals surface area contributed by atoms with Gasteiger partial charge in [-0.3, -0.25) is 0 Å². The molecule has 0 radical (unpaired) electrons. The molecule has 1 heteroatoms. The zero-order valence-corrected chi connectivity index (χ0v) is 16.6. The minimum absolute atomic E-state index is 0.377. The van der Waals surface area contributed by atoms with Crippen molar-refractivity contribution in [3.05, 3.63) is 53.1 Å². The number of phenols is 1. The van der Waals surface area contributed by atoms with E-state index >= 15 is 0 Å². The van der Waals surface area contributed by atoms with Crippen molar-refractivity contribution in [2.45, 2.75) is 78.6 Å². The molecule has 0 aliphatic heterocycles. The summed E-state index contributed by atoms with van der Waals surface area (Å²) in [4.78, 5) is 0. The van der Waals surface area contributed by atoms with Gasteiger partial charge < -0.3 is 5.11 Å². The molecular weight excluding hydrogens is 304 g/mol. The maximum atomic E-state index is 10.0. The Labute approximate surface area is 154 Å². The van der Waals surface area contributed by atoms with Crippen molar-refractivity contribution < 1.29 is 5.11 Å². The molecule has 0 aliphatic carbocycles. The molecule has 1 N–H and O–H groups in total. The van der Waals surface area contributed by atoms with Crippen molar-refractivity contribution in [3.63, 3.8) is 0 Å². The van der Waals surface area contributed by atoms with Crippen LogP contribution in [-0.2, 0) is 6.42 Å². The van der Waals surface area contributed by atoms with Crippen molar-refractivity contribution in [1.29, 1.82) is 0 Å². The highest BCUT2D eigenvalue weighted by Crippen LogP contribution is 2.39. The molecule has 2 aromatic carbocycles. The van der Waals surface area contributed by atoms with Gasteiger partial charge in [-0.2, -0.15) is 0 Å². The Hall–Kier alpha value is -1.76. The fourth-order valence-corrected chi connectivity index (χ4v) is 3.64. The zero-order chi connectivity index (χ0) is 18.4. The first-order chi connectivity index (χ1) is 12.0. The Balaban J connectivity index is 2.53. The minimum Gasteiger partial charge on any atom is -0.508 e. The van der Waals surface area contributed by atoms with Crippen LogP contribution in [0, 0.1) is 0 Å². The second-order valence-electron chi connectivity index (χ2n) is 7.77. The fourth-order valence-electron chi connectivity index (χ4n) is 3.64. The lowest BCUT2D eigenvalue weighted by atomic mass is 9.82. The van der Waals surface area contributed by atoms with Crippen molar-refractivity contribution in [2.24, 2.45) is 0 Å². The normalized spacial score (nSPS) is 11.5. The Morgan fingerprint density at radius 1 is 0.840 bits per heavy atom. The van der Waals surface area contributed by atoms with Gasteiger partial charge in [0.1, 0.15) is 5.75 Å². The third kappa shape index (κ3) is 4.87. The van der Waals surface area contributed by atoms with Gasteiger partial charge in [-0.1, -0.05) is 78.1 Å². The summed E-state index contributed by atoms with van der Waals surface area (Å²) in [5.41, 5.74) is 6.80. The molecule has 136 valence electrons. The smallest absolute Gasteiger partial charge is 0.115 e. The maximum absolute atomic E-state index is 10.0. The maximum Gasteiger partial charge on any atom is 0.115 e. The number of unbranched alkanes of at least 4 members (excludes halogenated alkanes) is 3. The Morgan fingerprint density at radius 2 is 1.48 bits per heavy atom. The average molecular weight is 339 g/mol. The zero-order valence-electron chi connectivity index (χ0n) is 16.6. The highest BCUT2D eigenvalue weighted by Gasteiger charge is 2.18. The second-order valence-corrected chi connectivity index (χ2v) is 7.77. The number of hydrogen-bond donors (Lipinski definition) is 1. The minimum atomic E-state index is 0.377. The summed E-state index contributed by atoms with van der Waals surface area (Å²) in [6.07, 6.45) is 6.02. The van der Waals surface area contributed by atoms with E-state index in [-0.39, 0.29) is 0 Å². The quantitative estimate of drug-likeness (QED) is 0.496. The average Bonchev–Trinajstić information content (AvgIpc) is 2.58. The number of phenolic OH excluding ortho intramolecular Hbond substituents is 1. The third-order valence-electron chi connectivity index (χ3n) is 5.03. The molecule has 0 aromatic heterocycles. The number of aryl methyl sites for hydroxylation is 1. The van der Waals surface area contributed by atoms with E-state index in [4.69, 9.17) is 0 Å². The summed E-state index contributed by atoms with van der Waals surface area (Å²) in [5, 5.41) is 10.0. The molecule has 25 heavy (non-hydrogen) atoms. The summed E-state index contributed by atoms with van der Waals surface area (Å²) < 4.78 is 0. The van der Waals surface area contributed by atoms with E-state index in [9.17, 15) is 5.11 Å². The number of hydrogen-bond acceptors (Lipinski definition) is 1. The van der Waals surface area contributed by atoms with Gasteiger partial charge in [0.2, 0.25) is 0 Å². The molecule has 2 rings (SSSR count). The summed E-state index contributed by atoms with van der Waals surface area (Å²) in [5.74, 6) is 1.34. The topological polar surface area (TPSA) is 20.2 Å². The highest BCUT2D eigenvalue weighted by molar-refractivity contribution is 5.76. The van der Waals surface area contributed by atoms with Gasteiger partial charge in [0.15, 0.2) is 0 Å². The molecule has 1 nitrogen and oxygen atoms in total. The third-order valence-corrected chi connectivity index (χ3v) is 5.03. The molecule has 0 unspecified atom stereocenters. The summed E-state index contributed by atoms with van der Waals surface area (Å²) in [6, 6.07) is 12.7. The van der Waals surface area contributed by atoms with E-state index in [1.807, 2.05) is 12.1 Å². The molecule has 0 saturated heterocycles. The van der Waals surface area contributed by atoms with Crippen LogP contribution in [0.25, 0.3) is 11.1 Å². The first-order valence-electron chi connectivity index (χ1n) is 9.90. The molecule has 0 spiro atoms. The first-order valence-corrected chi connectivity index (χ1v) is 9.90. The highest BCUT2D eigenvalue weighted by atomic mass is 16.3. The van der Waals surface area contributed by atoms with Gasteiger partial charge in [0, 0.05) is 0 Å². The van der Waals surface area contributed by atoms with Gasteiger partial charge in [-0.05, 0) is 64.6 Å². The molecule has 0 bridgehead atoms. The van der Waals surface area contributed by atoms with Crippen LogP contribution >= 0.6 is 0 Å². The molecule has 0 saturated carbocycles. The van der Waals surface area contributed by atoms with Crippen molar-refractivity contribution in [2.75, 3.05) is 0 Å². The molecule has 0 atom stereocenters. The molecule has 0 heterocycles.